The molecule has 0 amide bonds. The van der Waals surface area contributed by atoms with Gasteiger partial charge in [0.2, 0.25) is 0 Å². The van der Waals surface area contributed by atoms with Crippen LogP contribution in [0.1, 0.15) is 47.5 Å². The number of rotatable bonds is 6. The molecule has 138 valence electrons. The van der Waals surface area contributed by atoms with Gasteiger partial charge in [-0.1, -0.05) is 0 Å². The van der Waals surface area contributed by atoms with Gasteiger partial charge < -0.3 is 24.1 Å². The number of hydrogen-bond acceptors (Lipinski definition) is 8. The van der Waals surface area contributed by atoms with Gasteiger partial charge in [0, 0.05) is 33.6 Å². The number of esters is 3. The SMILES string of the molecule is CC(=O)OC[C@H]1O[C@@H](CC(C)(C)O)C[C@@H](OC(C)=O)[C@H]1OC(C)=O. The Morgan fingerprint density at radius 1 is 1.08 bits per heavy atom. The Labute approximate surface area is 141 Å². The van der Waals surface area contributed by atoms with E-state index in [0.717, 1.165) is 0 Å². The molecule has 0 spiro atoms. The van der Waals surface area contributed by atoms with Crippen molar-refractivity contribution in [2.75, 3.05) is 6.61 Å². The van der Waals surface area contributed by atoms with E-state index in [9.17, 15) is 19.5 Å². The van der Waals surface area contributed by atoms with E-state index in [1.165, 1.54) is 20.8 Å². The first-order valence-electron chi connectivity index (χ1n) is 7.83. The predicted octanol–water partition coefficient (Wildman–Crippen LogP) is 0.731. The number of carbonyl (C=O) groups excluding carboxylic acids is 3. The predicted molar refractivity (Wildman–Crippen MR) is 81.9 cm³/mol. The average Bonchev–Trinajstić information content (AvgIpc) is 2.36. The summed E-state index contributed by atoms with van der Waals surface area (Å²) in [6.45, 7) is 6.87. The quantitative estimate of drug-likeness (QED) is 0.554. The molecule has 1 rings (SSSR count). The molecule has 0 radical (unpaired) electrons. The topological polar surface area (TPSA) is 108 Å². The van der Waals surface area contributed by atoms with Crippen molar-refractivity contribution in [3.63, 3.8) is 0 Å². The zero-order valence-corrected chi connectivity index (χ0v) is 14.7. The summed E-state index contributed by atoms with van der Waals surface area (Å²) in [5.41, 5.74) is -0.994. The lowest BCUT2D eigenvalue weighted by atomic mass is 9.91. The van der Waals surface area contributed by atoms with Gasteiger partial charge in [0.25, 0.3) is 0 Å². The molecule has 0 bridgehead atoms. The Morgan fingerprint density at radius 2 is 1.67 bits per heavy atom. The van der Waals surface area contributed by atoms with Gasteiger partial charge in [-0.15, -0.1) is 0 Å². The largest absolute Gasteiger partial charge is 0.463 e. The molecule has 4 atom stereocenters. The van der Waals surface area contributed by atoms with E-state index in [1.54, 1.807) is 13.8 Å². The number of hydrogen-bond donors (Lipinski definition) is 1. The van der Waals surface area contributed by atoms with Gasteiger partial charge in [0.15, 0.2) is 6.10 Å². The summed E-state index contributed by atoms with van der Waals surface area (Å²) in [5.74, 6) is -1.59. The molecule has 1 saturated heterocycles. The molecule has 1 heterocycles. The van der Waals surface area contributed by atoms with Crippen molar-refractivity contribution in [1.29, 1.82) is 0 Å². The van der Waals surface area contributed by atoms with Crippen molar-refractivity contribution in [2.24, 2.45) is 0 Å². The molecule has 8 nitrogen and oxygen atoms in total. The van der Waals surface area contributed by atoms with Crippen molar-refractivity contribution >= 4 is 17.9 Å². The van der Waals surface area contributed by atoms with Gasteiger partial charge in [-0.2, -0.15) is 0 Å². The van der Waals surface area contributed by atoms with Crippen LogP contribution >= 0.6 is 0 Å². The maximum Gasteiger partial charge on any atom is 0.303 e. The molecule has 0 aromatic heterocycles. The van der Waals surface area contributed by atoms with E-state index < -0.39 is 47.9 Å². The molecular formula is C16H26O8. The lowest BCUT2D eigenvalue weighted by Gasteiger charge is -2.41. The standard InChI is InChI=1S/C16H26O8/c1-9(17)21-8-14-15(23-11(3)19)13(22-10(2)18)6-12(24-14)7-16(4,5)20/h12-15,20H,6-8H2,1-5H3/t12-,13-,14-,15-/m1/s1. The van der Waals surface area contributed by atoms with Crippen LogP contribution in [0.4, 0.5) is 0 Å². The van der Waals surface area contributed by atoms with Crippen molar-refractivity contribution in [3.05, 3.63) is 0 Å². The van der Waals surface area contributed by atoms with Crippen LogP contribution in [0.15, 0.2) is 0 Å². The Kier molecular flexibility index (Phi) is 7.16. The molecule has 24 heavy (non-hydrogen) atoms. The van der Waals surface area contributed by atoms with Crippen LogP contribution in [0.3, 0.4) is 0 Å². The molecule has 1 fully saturated rings. The van der Waals surface area contributed by atoms with Gasteiger partial charge in [-0.25, -0.2) is 0 Å². The Bertz CT molecular complexity index is 467. The maximum atomic E-state index is 11.4. The Hall–Kier alpha value is -1.67. The summed E-state index contributed by atoms with van der Waals surface area (Å²) in [4.78, 5) is 33.8. The summed E-state index contributed by atoms with van der Waals surface area (Å²) < 4.78 is 21.3. The minimum absolute atomic E-state index is 0.145. The first-order chi connectivity index (χ1) is 11.0. The molecule has 0 saturated carbocycles. The molecule has 1 aliphatic rings. The second-order valence-corrected chi connectivity index (χ2v) is 6.57. The minimum atomic E-state index is -0.994. The molecule has 1 aliphatic heterocycles. The fraction of sp³-hybridized carbons (Fsp3) is 0.812. The third-order valence-corrected chi connectivity index (χ3v) is 3.39. The van der Waals surface area contributed by atoms with Crippen molar-refractivity contribution in [1.82, 2.24) is 0 Å². The van der Waals surface area contributed by atoms with Crippen LogP contribution in [0.2, 0.25) is 0 Å². The highest BCUT2D eigenvalue weighted by Gasteiger charge is 2.44. The second-order valence-electron chi connectivity index (χ2n) is 6.57. The summed E-state index contributed by atoms with van der Waals surface area (Å²) in [7, 11) is 0. The van der Waals surface area contributed by atoms with E-state index in [2.05, 4.69) is 0 Å². The molecule has 0 aromatic carbocycles. The van der Waals surface area contributed by atoms with E-state index in [1.807, 2.05) is 0 Å². The van der Waals surface area contributed by atoms with Crippen molar-refractivity contribution in [3.8, 4) is 0 Å². The van der Waals surface area contributed by atoms with Crippen LogP contribution in [-0.2, 0) is 33.3 Å². The highest BCUT2D eigenvalue weighted by Crippen LogP contribution is 2.30. The average molecular weight is 346 g/mol. The highest BCUT2D eigenvalue weighted by atomic mass is 16.6. The van der Waals surface area contributed by atoms with Crippen molar-refractivity contribution in [2.45, 2.75) is 77.5 Å². The van der Waals surface area contributed by atoms with Crippen LogP contribution in [0.5, 0.6) is 0 Å². The summed E-state index contributed by atoms with van der Waals surface area (Å²) in [5, 5.41) is 10.00. The fourth-order valence-electron chi connectivity index (χ4n) is 2.71. The Balaban J connectivity index is 2.97. The van der Waals surface area contributed by atoms with Gasteiger partial charge in [0.05, 0.1) is 11.7 Å². The molecule has 0 unspecified atom stereocenters. The smallest absolute Gasteiger partial charge is 0.303 e. The summed E-state index contributed by atoms with van der Waals surface area (Å²) >= 11 is 0. The molecule has 8 heteroatoms. The summed E-state index contributed by atoms with van der Waals surface area (Å²) in [6.07, 6.45) is -2.31. The van der Waals surface area contributed by atoms with Gasteiger partial charge in [0.1, 0.15) is 18.8 Å². The molecule has 0 aromatic rings. The summed E-state index contributed by atoms with van der Waals surface area (Å²) in [6, 6.07) is 0. The lowest BCUT2D eigenvalue weighted by Crippen LogP contribution is -2.54. The lowest BCUT2D eigenvalue weighted by molar-refractivity contribution is -0.219. The number of ether oxygens (including phenoxy) is 4. The first kappa shape index (κ1) is 20.4. The highest BCUT2D eigenvalue weighted by molar-refractivity contribution is 5.67. The Morgan fingerprint density at radius 3 is 2.12 bits per heavy atom. The van der Waals surface area contributed by atoms with E-state index in [4.69, 9.17) is 18.9 Å². The zero-order valence-electron chi connectivity index (χ0n) is 14.7. The second kappa shape index (κ2) is 8.43. The maximum absolute atomic E-state index is 11.4. The third-order valence-electron chi connectivity index (χ3n) is 3.39. The third kappa shape index (κ3) is 7.27. The zero-order chi connectivity index (χ0) is 18.5. The first-order valence-corrected chi connectivity index (χ1v) is 7.83. The van der Waals surface area contributed by atoms with Gasteiger partial charge in [-0.3, -0.25) is 14.4 Å². The van der Waals surface area contributed by atoms with Gasteiger partial charge in [-0.05, 0) is 13.8 Å². The molecule has 0 aliphatic carbocycles. The van der Waals surface area contributed by atoms with E-state index in [0.29, 0.717) is 0 Å². The van der Waals surface area contributed by atoms with Crippen LogP contribution in [0, 0.1) is 0 Å². The normalized spacial score (nSPS) is 27.2. The van der Waals surface area contributed by atoms with Crippen LogP contribution in [0.25, 0.3) is 0 Å². The number of carbonyl (C=O) groups is 3. The van der Waals surface area contributed by atoms with E-state index >= 15 is 0 Å². The van der Waals surface area contributed by atoms with Crippen molar-refractivity contribution < 1.29 is 38.4 Å². The van der Waals surface area contributed by atoms with Crippen LogP contribution < -0.4 is 0 Å². The van der Waals surface area contributed by atoms with Crippen LogP contribution in [-0.4, -0.2) is 59.6 Å². The van der Waals surface area contributed by atoms with E-state index in [-0.39, 0.29) is 19.4 Å². The van der Waals surface area contributed by atoms with Gasteiger partial charge >= 0.3 is 17.9 Å². The molecular weight excluding hydrogens is 320 g/mol. The fourth-order valence-corrected chi connectivity index (χ4v) is 2.71. The number of aliphatic hydroxyl groups is 1. The minimum Gasteiger partial charge on any atom is -0.463 e. The molecule has 1 N–H and O–H groups in total. The monoisotopic (exact) mass is 346 g/mol.